The Labute approximate surface area is 255 Å². The van der Waals surface area contributed by atoms with E-state index < -0.39 is 5.97 Å². The van der Waals surface area contributed by atoms with Crippen molar-refractivity contribution in [2.24, 2.45) is 0 Å². The van der Waals surface area contributed by atoms with Gasteiger partial charge in [0, 0.05) is 18.0 Å². The summed E-state index contributed by atoms with van der Waals surface area (Å²) in [7, 11) is 0. The van der Waals surface area contributed by atoms with Crippen LogP contribution in [0.15, 0.2) is 79.1 Å². The number of carbonyl (C=O) groups is 2. The van der Waals surface area contributed by atoms with Crippen molar-refractivity contribution >= 4 is 24.1 Å². The lowest BCUT2D eigenvalue weighted by Crippen LogP contribution is -2.17. The molecule has 43 heavy (non-hydrogen) atoms. The minimum absolute atomic E-state index is 0.211. The van der Waals surface area contributed by atoms with Gasteiger partial charge in [0.15, 0.2) is 6.61 Å². The zero-order valence-corrected chi connectivity index (χ0v) is 25.1. The summed E-state index contributed by atoms with van der Waals surface area (Å²) < 4.78 is 16.2. The van der Waals surface area contributed by atoms with E-state index in [4.69, 9.17) is 14.2 Å². The van der Waals surface area contributed by atoms with E-state index in [0.29, 0.717) is 23.7 Å². The fraction of sp³-hybridized carbons (Fsp3) is 0.361. The van der Waals surface area contributed by atoms with E-state index in [1.807, 2.05) is 48.6 Å². The third-order valence-corrected chi connectivity index (χ3v) is 6.87. The van der Waals surface area contributed by atoms with E-state index in [2.05, 4.69) is 11.6 Å². The predicted octanol–water partition coefficient (Wildman–Crippen LogP) is 8.11. The van der Waals surface area contributed by atoms with Gasteiger partial charge < -0.3 is 19.3 Å². The largest absolute Gasteiger partial charge is 0.508 e. The Balaban J connectivity index is 1.27. The van der Waals surface area contributed by atoms with E-state index in [-0.39, 0.29) is 18.3 Å². The van der Waals surface area contributed by atoms with Gasteiger partial charge in [-0.1, -0.05) is 75.8 Å². The number of benzene rings is 2. The average molecular weight is 586 g/mol. The Kier molecular flexibility index (Phi) is 14.6. The molecule has 0 saturated carbocycles. The first-order chi connectivity index (χ1) is 20.9. The number of aromatic hydroxyl groups is 1. The van der Waals surface area contributed by atoms with Gasteiger partial charge in [-0.05, 0) is 85.3 Å². The average Bonchev–Trinajstić information content (AvgIpc) is 3.01. The topological polar surface area (TPSA) is 95.0 Å². The van der Waals surface area contributed by atoms with Crippen molar-refractivity contribution in [2.45, 2.75) is 71.1 Å². The second kappa shape index (κ2) is 18.9. The van der Waals surface area contributed by atoms with Crippen LogP contribution in [0.1, 0.15) is 81.4 Å². The molecule has 7 nitrogen and oxygen atoms in total. The SMILES string of the molecule is C=C(C)C(=O)OCCCCCCCCCCCc1cc(OC(=O)COc2ccc(C=Cc3ccncc3)cc2)ccc1O. The summed E-state index contributed by atoms with van der Waals surface area (Å²) >= 11 is 0. The lowest BCUT2D eigenvalue weighted by atomic mass is 10.0. The van der Waals surface area contributed by atoms with Crippen molar-refractivity contribution in [3.63, 3.8) is 0 Å². The number of esters is 2. The van der Waals surface area contributed by atoms with Gasteiger partial charge in [0.2, 0.25) is 0 Å². The molecule has 3 rings (SSSR count). The highest BCUT2D eigenvalue weighted by molar-refractivity contribution is 5.86. The molecule has 2 aromatic carbocycles. The van der Waals surface area contributed by atoms with Crippen LogP contribution in [0.3, 0.4) is 0 Å². The number of pyridine rings is 1. The Hall–Kier alpha value is -4.39. The Morgan fingerprint density at radius 3 is 2.02 bits per heavy atom. The number of phenols is 1. The normalized spacial score (nSPS) is 10.9. The second-order valence-electron chi connectivity index (χ2n) is 10.6. The van der Waals surface area contributed by atoms with Gasteiger partial charge in [-0.15, -0.1) is 0 Å². The van der Waals surface area contributed by atoms with Crippen LogP contribution in [-0.4, -0.2) is 35.2 Å². The molecule has 0 aliphatic carbocycles. The van der Waals surface area contributed by atoms with Crippen LogP contribution in [0.5, 0.6) is 17.2 Å². The molecule has 0 radical (unpaired) electrons. The van der Waals surface area contributed by atoms with Crippen LogP contribution >= 0.6 is 0 Å². The molecular weight excluding hydrogens is 542 g/mol. The van der Waals surface area contributed by atoms with Gasteiger partial charge >= 0.3 is 11.9 Å². The van der Waals surface area contributed by atoms with Crippen molar-refractivity contribution < 1.29 is 28.9 Å². The van der Waals surface area contributed by atoms with Gasteiger partial charge in [0.1, 0.15) is 17.2 Å². The fourth-order valence-corrected chi connectivity index (χ4v) is 4.41. The maximum atomic E-state index is 12.4. The zero-order valence-electron chi connectivity index (χ0n) is 25.1. The number of carbonyl (C=O) groups excluding carboxylic acids is 2. The minimum Gasteiger partial charge on any atom is -0.508 e. The molecule has 1 aromatic heterocycles. The number of nitrogens with zero attached hydrogens (tertiary/aromatic N) is 1. The molecule has 0 fully saturated rings. The first-order valence-electron chi connectivity index (χ1n) is 15.1. The summed E-state index contributed by atoms with van der Waals surface area (Å²) in [6.07, 6.45) is 18.0. The van der Waals surface area contributed by atoms with Crippen molar-refractivity contribution in [3.05, 3.63) is 95.8 Å². The number of hydrogen-bond acceptors (Lipinski definition) is 7. The van der Waals surface area contributed by atoms with Crippen molar-refractivity contribution in [2.75, 3.05) is 13.2 Å². The molecule has 1 heterocycles. The molecule has 0 amide bonds. The standard InChI is InChI=1S/C36H43NO6/c1-28(2)36(40)41-25-11-9-7-5-3-4-6-8-10-12-31-26-33(19-20-34(31)38)43-35(39)27-42-32-17-15-29(16-18-32)13-14-30-21-23-37-24-22-30/h13-24,26,38H,1,3-12,25,27H2,2H3. The number of rotatable bonds is 19. The number of unbranched alkanes of at least 4 members (excludes halogenated alkanes) is 8. The lowest BCUT2D eigenvalue weighted by molar-refractivity contribution is -0.139. The van der Waals surface area contributed by atoms with Crippen LogP contribution < -0.4 is 9.47 Å². The summed E-state index contributed by atoms with van der Waals surface area (Å²) in [6, 6.07) is 16.2. The molecule has 7 heteroatoms. The lowest BCUT2D eigenvalue weighted by Gasteiger charge is -2.10. The van der Waals surface area contributed by atoms with Crippen molar-refractivity contribution in [3.8, 4) is 17.2 Å². The molecule has 0 spiro atoms. The quantitative estimate of drug-likeness (QED) is 0.0657. The molecule has 0 saturated heterocycles. The van der Waals surface area contributed by atoms with E-state index in [1.165, 1.54) is 19.3 Å². The molecule has 0 aliphatic heterocycles. The molecular formula is C36H43NO6. The second-order valence-corrected chi connectivity index (χ2v) is 10.6. The molecule has 1 N–H and O–H groups in total. The van der Waals surface area contributed by atoms with Crippen molar-refractivity contribution in [1.82, 2.24) is 4.98 Å². The Morgan fingerprint density at radius 2 is 1.37 bits per heavy atom. The molecule has 0 bridgehead atoms. The summed E-state index contributed by atoms with van der Waals surface area (Å²) in [5, 5.41) is 10.3. The van der Waals surface area contributed by atoms with Crippen molar-refractivity contribution in [1.29, 1.82) is 0 Å². The monoisotopic (exact) mass is 585 g/mol. The number of ether oxygens (including phenoxy) is 3. The van der Waals surface area contributed by atoms with Crippen LogP contribution in [0.25, 0.3) is 12.2 Å². The maximum Gasteiger partial charge on any atom is 0.349 e. The third kappa shape index (κ3) is 13.4. The third-order valence-electron chi connectivity index (χ3n) is 6.87. The molecule has 228 valence electrons. The van der Waals surface area contributed by atoms with E-state index in [9.17, 15) is 14.7 Å². The Morgan fingerprint density at radius 1 is 0.791 bits per heavy atom. The van der Waals surface area contributed by atoms with Gasteiger partial charge in [-0.3, -0.25) is 4.98 Å². The van der Waals surface area contributed by atoms with Gasteiger partial charge in [0.25, 0.3) is 0 Å². The molecule has 0 unspecified atom stereocenters. The Bertz CT molecular complexity index is 1320. The molecule has 0 atom stereocenters. The van der Waals surface area contributed by atoms with E-state index in [1.54, 1.807) is 37.5 Å². The van der Waals surface area contributed by atoms with Gasteiger partial charge in [-0.2, -0.15) is 0 Å². The van der Waals surface area contributed by atoms with Crippen LogP contribution in [-0.2, 0) is 20.7 Å². The number of hydrogen-bond donors (Lipinski definition) is 1. The van der Waals surface area contributed by atoms with Gasteiger partial charge in [0.05, 0.1) is 6.61 Å². The smallest absolute Gasteiger partial charge is 0.349 e. The summed E-state index contributed by atoms with van der Waals surface area (Å²) in [5.41, 5.74) is 3.29. The van der Waals surface area contributed by atoms with Gasteiger partial charge in [-0.25, -0.2) is 9.59 Å². The highest BCUT2D eigenvalue weighted by Crippen LogP contribution is 2.25. The number of aromatic nitrogens is 1. The summed E-state index contributed by atoms with van der Waals surface area (Å²) in [6.45, 7) is 5.48. The van der Waals surface area contributed by atoms with Crippen LogP contribution in [0.4, 0.5) is 0 Å². The molecule has 0 aliphatic rings. The van der Waals surface area contributed by atoms with E-state index in [0.717, 1.165) is 61.6 Å². The highest BCUT2D eigenvalue weighted by atomic mass is 16.6. The maximum absolute atomic E-state index is 12.4. The minimum atomic E-state index is -0.508. The number of aryl methyl sites for hydroxylation is 1. The highest BCUT2D eigenvalue weighted by Gasteiger charge is 2.10. The first-order valence-corrected chi connectivity index (χ1v) is 15.1. The summed E-state index contributed by atoms with van der Waals surface area (Å²) in [5.74, 6) is 0.364. The zero-order chi connectivity index (χ0) is 30.7. The summed E-state index contributed by atoms with van der Waals surface area (Å²) in [4.78, 5) is 27.7. The fourth-order valence-electron chi connectivity index (χ4n) is 4.41. The van der Waals surface area contributed by atoms with Crippen LogP contribution in [0, 0.1) is 0 Å². The van der Waals surface area contributed by atoms with Crippen LogP contribution in [0.2, 0.25) is 0 Å². The first kappa shape index (κ1) is 33.1. The number of phenolic OH excluding ortho intramolecular Hbond substituents is 1. The molecule has 3 aromatic rings. The van der Waals surface area contributed by atoms with E-state index >= 15 is 0 Å². The predicted molar refractivity (Wildman–Crippen MR) is 170 cm³/mol.